The highest BCUT2D eigenvalue weighted by Crippen LogP contribution is 2.19. The van der Waals surface area contributed by atoms with Crippen molar-refractivity contribution in [2.45, 2.75) is 6.92 Å². The standard InChI is InChI=1S/C14H14FN3O/c1-2-18(11-6-4-3-5-7-11)14(19)12-8-10(15)9-17-13(12)16/h3-9H,2H2,1H3,(H2,16,17). The molecule has 98 valence electrons. The second-order valence-electron chi connectivity index (χ2n) is 3.97. The molecule has 1 aromatic heterocycles. The molecule has 0 fully saturated rings. The molecule has 1 heterocycles. The Labute approximate surface area is 110 Å². The number of nitrogens with zero attached hydrogens (tertiary/aromatic N) is 2. The zero-order valence-corrected chi connectivity index (χ0v) is 10.5. The average molecular weight is 259 g/mol. The van der Waals surface area contributed by atoms with E-state index in [0.29, 0.717) is 6.54 Å². The van der Waals surface area contributed by atoms with E-state index in [2.05, 4.69) is 4.98 Å². The van der Waals surface area contributed by atoms with Gasteiger partial charge in [0.25, 0.3) is 5.91 Å². The summed E-state index contributed by atoms with van der Waals surface area (Å²) in [7, 11) is 0. The summed E-state index contributed by atoms with van der Waals surface area (Å²) in [6.45, 7) is 2.30. The number of halogens is 1. The van der Waals surface area contributed by atoms with Crippen molar-refractivity contribution >= 4 is 17.4 Å². The molecule has 0 bridgehead atoms. The molecule has 0 unspecified atom stereocenters. The fourth-order valence-electron chi connectivity index (χ4n) is 1.82. The lowest BCUT2D eigenvalue weighted by Crippen LogP contribution is -2.31. The molecule has 2 N–H and O–H groups in total. The molecule has 0 atom stereocenters. The summed E-state index contributed by atoms with van der Waals surface area (Å²) in [5, 5.41) is 0. The maximum Gasteiger partial charge on any atom is 0.262 e. The van der Waals surface area contributed by atoms with E-state index in [1.165, 1.54) is 4.90 Å². The van der Waals surface area contributed by atoms with Gasteiger partial charge < -0.3 is 10.6 Å². The van der Waals surface area contributed by atoms with Crippen LogP contribution >= 0.6 is 0 Å². The van der Waals surface area contributed by atoms with Crippen LogP contribution in [-0.4, -0.2) is 17.4 Å². The molecule has 0 spiro atoms. The summed E-state index contributed by atoms with van der Waals surface area (Å²) < 4.78 is 13.2. The third-order valence-corrected chi connectivity index (χ3v) is 2.74. The summed E-state index contributed by atoms with van der Waals surface area (Å²) in [4.78, 5) is 17.6. The van der Waals surface area contributed by atoms with Crippen LogP contribution in [0.3, 0.4) is 0 Å². The Morgan fingerprint density at radius 3 is 2.68 bits per heavy atom. The Morgan fingerprint density at radius 2 is 2.05 bits per heavy atom. The second-order valence-corrected chi connectivity index (χ2v) is 3.97. The quantitative estimate of drug-likeness (QED) is 0.921. The maximum atomic E-state index is 13.2. The van der Waals surface area contributed by atoms with Gasteiger partial charge in [-0.1, -0.05) is 18.2 Å². The number of carbonyl (C=O) groups excluding carboxylic acids is 1. The second kappa shape index (κ2) is 5.48. The van der Waals surface area contributed by atoms with E-state index in [-0.39, 0.29) is 17.3 Å². The van der Waals surface area contributed by atoms with Crippen molar-refractivity contribution in [2.75, 3.05) is 17.2 Å². The van der Waals surface area contributed by atoms with Crippen LogP contribution in [0, 0.1) is 5.82 Å². The normalized spacial score (nSPS) is 10.2. The Hall–Kier alpha value is -2.43. The summed E-state index contributed by atoms with van der Waals surface area (Å²) in [5.74, 6) is -0.916. The highest BCUT2D eigenvalue weighted by atomic mass is 19.1. The number of aromatic nitrogens is 1. The number of pyridine rings is 1. The van der Waals surface area contributed by atoms with Crippen LogP contribution in [0.15, 0.2) is 42.6 Å². The van der Waals surface area contributed by atoms with Crippen LogP contribution < -0.4 is 10.6 Å². The van der Waals surface area contributed by atoms with E-state index in [1.54, 1.807) is 0 Å². The third-order valence-electron chi connectivity index (χ3n) is 2.74. The van der Waals surface area contributed by atoms with Crippen molar-refractivity contribution in [1.29, 1.82) is 0 Å². The van der Waals surface area contributed by atoms with Gasteiger partial charge in [0.2, 0.25) is 0 Å². The predicted molar refractivity (Wildman–Crippen MR) is 72.4 cm³/mol. The molecule has 1 aromatic carbocycles. The molecule has 19 heavy (non-hydrogen) atoms. The average Bonchev–Trinajstić information content (AvgIpc) is 2.43. The first-order valence-electron chi connectivity index (χ1n) is 5.91. The number of carbonyl (C=O) groups is 1. The summed E-state index contributed by atoms with van der Waals surface area (Å²) in [5.41, 5.74) is 6.45. The van der Waals surface area contributed by atoms with Crippen LogP contribution in [0.5, 0.6) is 0 Å². The first-order valence-corrected chi connectivity index (χ1v) is 5.91. The van der Waals surface area contributed by atoms with Crippen LogP contribution in [0.2, 0.25) is 0 Å². The zero-order valence-electron chi connectivity index (χ0n) is 10.5. The van der Waals surface area contributed by atoms with Crippen LogP contribution in [-0.2, 0) is 0 Å². The number of hydrogen-bond acceptors (Lipinski definition) is 3. The Bertz CT molecular complexity index is 586. The van der Waals surface area contributed by atoms with Gasteiger partial charge in [-0.15, -0.1) is 0 Å². The van der Waals surface area contributed by atoms with E-state index < -0.39 is 5.82 Å². The van der Waals surface area contributed by atoms with Gasteiger partial charge >= 0.3 is 0 Å². The number of para-hydroxylation sites is 1. The molecule has 4 nitrogen and oxygen atoms in total. The Balaban J connectivity index is 2.39. The van der Waals surface area contributed by atoms with Gasteiger partial charge in [0.15, 0.2) is 0 Å². The summed E-state index contributed by atoms with van der Waals surface area (Å²) in [6.07, 6.45) is 0.991. The summed E-state index contributed by atoms with van der Waals surface area (Å²) in [6, 6.07) is 10.3. The number of nitrogens with two attached hydrogens (primary N) is 1. The SMILES string of the molecule is CCN(C(=O)c1cc(F)cnc1N)c1ccccc1. The van der Waals surface area contributed by atoms with Gasteiger partial charge in [0.1, 0.15) is 11.6 Å². The van der Waals surface area contributed by atoms with Gasteiger partial charge in [-0.25, -0.2) is 9.37 Å². The molecule has 2 rings (SSSR count). The minimum absolute atomic E-state index is 0.0285. The molecule has 5 heteroatoms. The molecule has 0 radical (unpaired) electrons. The number of anilines is 2. The van der Waals surface area contributed by atoms with Crippen molar-refractivity contribution < 1.29 is 9.18 Å². The largest absolute Gasteiger partial charge is 0.383 e. The maximum absolute atomic E-state index is 13.2. The van der Waals surface area contributed by atoms with E-state index in [0.717, 1.165) is 18.0 Å². The lowest BCUT2D eigenvalue weighted by molar-refractivity contribution is 0.0988. The first kappa shape index (κ1) is 13.0. The number of amides is 1. The molecule has 0 aliphatic rings. The molecule has 0 aliphatic carbocycles. The monoisotopic (exact) mass is 259 g/mol. The Kier molecular flexibility index (Phi) is 3.75. The van der Waals surface area contributed by atoms with E-state index in [9.17, 15) is 9.18 Å². The van der Waals surface area contributed by atoms with Crippen molar-refractivity contribution in [3.63, 3.8) is 0 Å². The topological polar surface area (TPSA) is 59.2 Å². The van der Waals surface area contributed by atoms with Crippen molar-refractivity contribution in [3.8, 4) is 0 Å². The van der Waals surface area contributed by atoms with Crippen molar-refractivity contribution in [1.82, 2.24) is 4.98 Å². The van der Waals surface area contributed by atoms with E-state index >= 15 is 0 Å². The Morgan fingerprint density at radius 1 is 1.37 bits per heavy atom. The lowest BCUT2D eigenvalue weighted by Gasteiger charge is -2.21. The van der Waals surface area contributed by atoms with Gasteiger partial charge in [0.05, 0.1) is 11.8 Å². The first-order chi connectivity index (χ1) is 9.13. The number of benzene rings is 1. The van der Waals surface area contributed by atoms with Gasteiger partial charge in [-0.05, 0) is 25.1 Å². The minimum atomic E-state index is -0.582. The van der Waals surface area contributed by atoms with E-state index in [4.69, 9.17) is 5.73 Å². The highest BCUT2D eigenvalue weighted by Gasteiger charge is 2.19. The molecule has 0 aliphatic heterocycles. The van der Waals surface area contributed by atoms with E-state index in [1.807, 2.05) is 37.3 Å². The molecule has 1 amide bonds. The third kappa shape index (κ3) is 2.70. The van der Waals surface area contributed by atoms with Crippen molar-refractivity contribution in [3.05, 3.63) is 54.0 Å². The number of rotatable bonds is 3. The molecular formula is C14H14FN3O. The number of hydrogen-bond donors (Lipinski definition) is 1. The minimum Gasteiger partial charge on any atom is -0.383 e. The predicted octanol–water partition coefficient (Wildman–Crippen LogP) is 2.47. The fraction of sp³-hybridized carbons (Fsp3) is 0.143. The van der Waals surface area contributed by atoms with Gasteiger partial charge in [-0.3, -0.25) is 4.79 Å². The molecule has 0 saturated carbocycles. The smallest absolute Gasteiger partial charge is 0.262 e. The zero-order chi connectivity index (χ0) is 13.8. The summed E-state index contributed by atoms with van der Waals surface area (Å²) >= 11 is 0. The van der Waals surface area contributed by atoms with Gasteiger partial charge in [0, 0.05) is 12.2 Å². The lowest BCUT2D eigenvalue weighted by atomic mass is 10.2. The van der Waals surface area contributed by atoms with Crippen LogP contribution in [0.4, 0.5) is 15.9 Å². The number of nitrogen functional groups attached to an aromatic ring is 1. The fourth-order valence-corrected chi connectivity index (χ4v) is 1.82. The van der Waals surface area contributed by atoms with Crippen molar-refractivity contribution in [2.24, 2.45) is 0 Å². The van der Waals surface area contributed by atoms with Crippen LogP contribution in [0.1, 0.15) is 17.3 Å². The molecule has 0 saturated heterocycles. The van der Waals surface area contributed by atoms with Gasteiger partial charge in [-0.2, -0.15) is 0 Å². The molecule has 2 aromatic rings. The molecular weight excluding hydrogens is 245 g/mol. The van der Waals surface area contributed by atoms with Crippen LogP contribution in [0.25, 0.3) is 0 Å². The highest BCUT2D eigenvalue weighted by molar-refractivity contribution is 6.08.